The van der Waals surface area contributed by atoms with Crippen molar-refractivity contribution in [2.75, 3.05) is 12.4 Å². The Kier molecular flexibility index (Phi) is 3.48. The maximum atomic E-state index is 10.8. The first-order valence-corrected chi connectivity index (χ1v) is 5.66. The van der Waals surface area contributed by atoms with Crippen LogP contribution in [0.25, 0.3) is 0 Å². The van der Waals surface area contributed by atoms with E-state index in [-0.39, 0.29) is 5.69 Å². The molecular weight excluding hydrogens is 244 g/mol. The quantitative estimate of drug-likeness (QED) is 0.672. The Morgan fingerprint density at radius 3 is 2.89 bits per heavy atom. The molecule has 2 rings (SSSR count). The fourth-order valence-corrected chi connectivity index (χ4v) is 1.89. The second-order valence-electron chi connectivity index (χ2n) is 3.99. The van der Waals surface area contributed by atoms with Gasteiger partial charge in [-0.3, -0.25) is 10.1 Å². The third-order valence-corrected chi connectivity index (χ3v) is 2.82. The molecular formula is C13H12N4O2. The molecule has 0 fully saturated rings. The Morgan fingerprint density at radius 2 is 2.26 bits per heavy atom. The highest BCUT2D eigenvalue weighted by molar-refractivity contribution is 5.62. The SMILES string of the molecule is CNc1cc(Cn2cccc2C#N)ccc1[N+](=O)[O-]. The summed E-state index contributed by atoms with van der Waals surface area (Å²) in [6, 6.07) is 10.5. The van der Waals surface area contributed by atoms with Crippen LogP contribution in [0.15, 0.2) is 36.5 Å². The predicted molar refractivity (Wildman–Crippen MR) is 70.9 cm³/mol. The Labute approximate surface area is 110 Å². The molecule has 1 N–H and O–H groups in total. The number of hydrogen-bond donors (Lipinski definition) is 1. The molecule has 0 atom stereocenters. The smallest absolute Gasteiger partial charge is 0.292 e. The van der Waals surface area contributed by atoms with Crippen molar-refractivity contribution in [3.8, 4) is 6.07 Å². The molecule has 0 radical (unpaired) electrons. The molecule has 0 aliphatic rings. The minimum absolute atomic E-state index is 0.0410. The summed E-state index contributed by atoms with van der Waals surface area (Å²) in [7, 11) is 1.64. The Balaban J connectivity index is 2.32. The van der Waals surface area contributed by atoms with E-state index < -0.39 is 4.92 Å². The summed E-state index contributed by atoms with van der Waals surface area (Å²) in [4.78, 5) is 10.4. The van der Waals surface area contributed by atoms with E-state index in [1.165, 1.54) is 6.07 Å². The number of rotatable bonds is 4. The van der Waals surface area contributed by atoms with Gasteiger partial charge in [-0.2, -0.15) is 5.26 Å². The number of nitrogens with one attached hydrogen (secondary N) is 1. The summed E-state index contributed by atoms with van der Waals surface area (Å²) in [6.45, 7) is 0.503. The summed E-state index contributed by atoms with van der Waals surface area (Å²) in [5.41, 5.74) is 1.96. The Morgan fingerprint density at radius 1 is 1.47 bits per heavy atom. The van der Waals surface area contributed by atoms with Gasteiger partial charge in [0.1, 0.15) is 17.5 Å². The maximum Gasteiger partial charge on any atom is 0.292 e. The first-order valence-electron chi connectivity index (χ1n) is 5.66. The number of anilines is 1. The maximum absolute atomic E-state index is 10.8. The minimum atomic E-state index is -0.425. The molecule has 0 bridgehead atoms. The minimum Gasteiger partial charge on any atom is -0.383 e. The van der Waals surface area contributed by atoms with Crippen LogP contribution in [0, 0.1) is 21.4 Å². The molecule has 0 saturated carbocycles. The van der Waals surface area contributed by atoms with Crippen LogP contribution in [0.3, 0.4) is 0 Å². The molecule has 0 aliphatic carbocycles. The number of nitrogens with zero attached hydrogens (tertiary/aromatic N) is 3. The van der Waals surface area contributed by atoms with E-state index in [2.05, 4.69) is 11.4 Å². The Bertz CT molecular complexity index is 655. The van der Waals surface area contributed by atoms with Gasteiger partial charge in [0, 0.05) is 25.9 Å². The zero-order chi connectivity index (χ0) is 13.8. The molecule has 96 valence electrons. The van der Waals surface area contributed by atoms with Crippen LogP contribution in [0.1, 0.15) is 11.3 Å². The lowest BCUT2D eigenvalue weighted by Gasteiger charge is -2.08. The second-order valence-corrected chi connectivity index (χ2v) is 3.99. The van der Waals surface area contributed by atoms with Crippen LogP contribution in [0.4, 0.5) is 11.4 Å². The van der Waals surface area contributed by atoms with E-state index in [0.29, 0.717) is 17.9 Å². The summed E-state index contributed by atoms with van der Waals surface area (Å²) >= 11 is 0. The number of nitro benzene ring substituents is 1. The van der Waals surface area contributed by atoms with Gasteiger partial charge in [0.15, 0.2) is 0 Å². The van der Waals surface area contributed by atoms with E-state index >= 15 is 0 Å². The molecule has 0 saturated heterocycles. The molecule has 1 heterocycles. The lowest BCUT2D eigenvalue weighted by atomic mass is 10.1. The second kappa shape index (κ2) is 5.23. The summed E-state index contributed by atoms with van der Waals surface area (Å²) in [6.07, 6.45) is 1.80. The van der Waals surface area contributed by atoms with Gasteiger partial charge < -0.3 is 9.88 Å². The van der Waals surface area contributed by atoms with Crippen molar-refractivity contribution >= 4 is 11.4 Å². The first kappa shape index (κ1) is 12.6. The normalized spacial score (nSPS) is 9.89. The zero-order valence-corrected chi connectivity index (χ0v) is 10.3. The largest absolute Gasteiger partial charge is 0.383 e. The molecule has 1 aromatic carbocycles. The Hall–Kier alpha value is -2.81. The van der Waals surface area contributed by atoms with Gasteiger partial charge in [-0.15, -0.1) is 0 Å². The average Bonchev–Trinajstić information content (AvgIpc) is 2.85. The van der Waals surface area contributed by atoms with Gasteiger partial charge in [0.05, 0.1) is 4.92 Å². The molecule has 19 heavy (non-hydrogen) atoms. The highest BCUT2D eigenvalue weighted by Gasteiger charge is 2.13. The van der Waals surface area contributed by atoms with Crippen molar-refractivity contribution < 1.29 is 4.92 Å². The van der Waals surface area contributed by atoms with E-state index in [1.54, 1.807) is 42.1 Å². The third kappa shape index (κ3) is 2.55. The van der Waals surface area contributed by atoms with Crippen LogP contribution in [0.2, 0.25) is 0 Å². The number of hydrogen-bond acceptors (Lipinski definition) is 4. The molecule has 0 amide bonds. The summed E-state index contributed by atoms with van der Waals surface area (Å²) in [5, 5.41) is 22.6. The van der Waals surface area contributed by atoms with Crippen molar-refractivity contribution in [1.29, 1.82) is 5.26 Å². The van der Waals surface area contributed by atoms with Crippen molar-refractivity contribution in [3.05, 3.63) is 57.9 Å². The van der Waals surface area contributed by atoms with Crippen LogP contribution in [-0.2, 0) is 6.54 Å². The number of nitriles is 1. The van der Waals surface area contributed by atoms with E-state index in [4.69, 9.17) is 5.26 Å². The van der Waals surface area contributed by atoms with Crippen LogP contribution in [0.5, 0.6) is 0 Å². The van der Waals surface area contributed by atoms with Crippen molar-refractivity contribution in [3.63, 3.8) is 0 Å². The zero-order valence-electron chi connectivity index (χ0n) is 10.3. The lowest BCUT2D eigenvalue weighted by molar-refractivity contribution is -0.383. The lowest BCUT2D eigenvalue weighted by Crippen LogP contribution is -2.03. The molecule has 1 aromatic heterocycles. The van der Waals surface area contributed by atoms with Gasteiger partial charge >= 0.3 is 0 Å². The van der Waals surface area contributed by atoms with Gasteiger partial charge in [-0.1, -0.05) is 6.07 Å². The fraction of sp³-hybridized carbons (Fsp3) is 0.154. The molecule has 6 nitrogen and oxygen atoms in total. The van der Waals surface area contributed by atoms with Gasteiger partial charge in [-0.25, -0.2) is 0 Å². The van der Waals surface area contributed by atoms with Gasteiger partial charge in [0.25, 0.3) is 5.69 Å². The highest BCUT2D eigenvalue weighted by Crippen LogP contribution is 2.25. The predicted octanol–water partition coefficient (Wildman–Crippen LogP) is 2.36. The van der Waals surface area contributed by atoms with Gasteiger partial charge in [0.2, 0.25) is 0 Å². The van der Waals surface area contributed by atoms with E-state index in [1.807, 2.05) is 0 Å². The third-order valence-electron chi connectivity index (χ3n) is 2.82. The molecule has 0 aliphatic heterocycles. The first-order chi connectivity index (χ1) is 9.15. The summed E-state index contributed by atoms with van der Waals surface area (Å²) < 4.78 is 1.79. The highest BCUT2D eigenvalue weighted by atomic mass is 16.6. The molecule has 2 aromatic rings. The van der Waals surface area contributed by atoms with Gasteiger partial charge in [-0.05, 0) is 23.8 Å². The van der Waals surface area contributed by atoms with Crippen LogP contribution < -0.4 is 5.32 Å². The average molecular weight is 256 g/mol. The van der Waals surface area contributed by atoms with Crippen molar-refractivity contribution in [2.24, 2.45) is 0 Å². The monoisotopic (exact) mass is 256 g/mol. The van der Waals surface area contributed by atoms with E-state index in [0.717, 1.165) is 5.56 Å². The van der Waals surface area contributed by atoms with Crippen molar-refractivity contribution in [2.45, 2.75) is 6.54 Å². The van der Waals surface area contributed by atoms with E-state index in [9.17, 15) is 10.1 Å². The number of aromatic nitrogens is 1. The number of nitro groups is 1. The van der Waals surface area contributed by atoms with Crippen molar-refractivity contribution in [1.82, 2.24) is 4.57 Å². The van der Waals surface area contributed by atoms with Crippen LogP contribution >= 0.6 is 0 Å². The summed E-state index contributed by atoms with van der Waals surface area (Å²) in [5.74, 6) is 0. The molecule has 6 heteroatoms. The number of benzene rings is 1. The molecule has 0 unspecified atom stereocenters. The fourth-order valence-electron chi connectivity index (χ4n) is 1.89. The topological polar surface area (TPSA) is 83.9 Å². The standard InChI is InChI=1S/C13H12N4O2/c1-15-12-7-10(4-5-13(12)17(18)19)9-16-6-2-3-11(16)8-14/h2-7,15H,9H2,1H3. The molecule has 0 spiro atoms. The van der Waals surface area contributed by atoms with Crippen LogP contribution in [-0.4, -0.2) is 16.5 Å².